The number of anilines is 1. The Kier molecular flexibility index (Phi) is 5.71. The maximum atomic E-state index is 12.2. The Morgan fingerprint density at radius 3 is 2.89 bits per heavy atom. The van der Waals surface area contributed by atoms with Crippen molar-refractivity contribution in [2.45, 2.75) is 26.7 Å². The Morgan fingerprint density at radius 2 is 2.19 bits per heavy atom. The zero-order valence-electron chi connectivity index (χ0n) is 15.2. The Labute approximate surface area is 160 Å². The van der Waals surface area contributed by atoms with Crippen LogP contribution in [-0.2, 0) is 11.2 Å². The van der Waals surface area contributed by atoms with Gasteiger partial charge in [-0.2, -0.15) is 0 Å². The van der Waals surface area contributed by atoms with Gasteiger partial charge in [0.2, 0.25) is 5.91 Å². The molecule has 2 heterocycles. The molecule has 0 spiro atoms. The highest BCUT2D eigenvalue weighted by atomic mass is 32.1. The summed E-state index contributed by atoms with van der Waals surface area (Å²) in [6.07, 6.45) is 2.41. The number of hydrogen-bond donors (Lipinski definition) is 1. The van der Waals surface area contributed by atoms with Crippen LogP contribution in [0.2, 0.25) is 0 Å². The molecule has 1 amide bonds. The van der Waals surface area contributed by atoms with E-state index in [0.29, 0.717) is 29.5 Å². The predicted molar refractivity (Wildman–Crippen MR) is 107 cm³/mol. The summed E-state index contributed by atoms with van der Waals surface area (Å²) in [4.78, 5) is 27.9. The van der Waals surface area contributed by atoms with Crippen molar-refractivity contribution in [3.8, 4) is 5.75 Å². The van der Waals surface area contributed by atoms with Crippen molar-refractivity contribution in [2.75, 3.05) is 11.9 Å². The summed E-state index contributed by atoms with van der Waals surface area (Å²) in [5, 5.41) is 5.98. The van der Waals surface area contributed by atoms with Crippen molar-refractivity contribution >= 4 is 33.3 Å². The predicted octanol–water partition coefficient (Wildman–Crippen LogP) is 4.08. The molecule has 140 valence electrons. The van der Waals surface area contributed by atoms with Crippen LogP contribution in [0.1, 0.15) is 24.5 Å². The van der Waals surface area contributed by atoms with Gasteiger partial charge >= 0.3 is 5.63 Å². The number of benzene rings is 1. The second-order valence-electron chi connectivity index (χ2n) is 6.34. The van der Waals surface area contributed by atoms with Crippen LogP contribution in [0.3, 0.4) is 0 Å². The van der Waals surface area contributed by atoms with E-state index in [1.807, 2.05) is 19.9 Å². The molecule has 7 heteroatoms. The van der Waals surface area contributed by atoms with E-state index in [1.54, 1.807) is 17.6 Å². The lowest BCUT2D eigenvalue weighted by atomic mass is 10.0. The van der Waals surface area contributed by atoms with Gasteiger partial charge in [0, 0.05) is 35.5 Å². The molecule has 1 aromatic carbocycles. The molecular weight excluding hydrogens is 364 g/mol. The number of aryl methyl sites for hydroxylation is 2. The SMILES string of the molecule is C=C(C)COc1cc2oc(=O)cc(C)c2cc1CCC(=O)Nc1nccs1. The normalized spacial score (nSPS) is 10.7. The molecule has 27 heavy (non-hydrogen) atoms. The molecule has 0 saturated heterocycles. The summed E-state index contributed by atoms with van der Waals surface area (Å²) >= 11 is 1.37. The number of hydrogen-bond acceptors (Lipinski definition) is 6. The number of carbonyl (C=O) groups is 1. The molecule has 0 bridgehead atoms. The van der Waals surface area contributed by atoms with Crippen LogP contribution in [0.4, 0.5) is 5.13 Å². The van der Waals surface area contributed by atoms with E-state index in [0.717, 1.165) is 22.1 Å². The van der Waals surface area contributed by atoms with Crippen LogP contribution in [0, 0.1) is 6.92 Å². The number of nitrogens with zero attached hydrogens (tertiary/aromatic N) is 1. The van der Waals surface area contributed by atoms with Crippen molar-refractivity contribution < 1.29 is 13.9 Å². The topological polar surface area (TPSA) is 81.4 Å². The molecule has 6 nitrogen and oxygen atoms in total. The van der Waals surface area contributed by atoms with Gasteiger partial charge in [0.15, 0.2) is 5.13 Å². The average Bonchev–Trinajstić information content (AvgIpc) is 3.10. The first-order valence-corrected chi connectivity index (χ1v) is 9.34. The van der Waals surface area contributed by atoms with E-state index in [9.17, 15) is 9.59 Å². The van der Waals surface area contributed by atoms with Crippen LogP contribution in [0.15, 0.2) is 51.1 Å². The van der Waals surface area contributed by atoms with E-state index in [4.69, 9.17) is 9.15 Å². The fourth-order valence-electron chi connectivity index (χ4n) is 2.64. The molecule has 0 aliphatic carbocycles. The standard InChI is InChI=1S/C20H20N2O4S/c1-12(2)11-25-16-10-17-15(13(3)8-19(24)26-17)9-14(16)4-5-18(23)22-20-21-6-7-27-20/h6-10H,1,4-5,11H2,2-3H3,(H,21,22,23). The highest BCUT2D eigenvalue weighted by Crippen LogP contribution is 2.29. The average molecular weight is 384 g/mol. The van der Waals surface area contributed by atoms with Gasteiger partial charge in [0.05, 0.1) is 0 Å². The third-order valence-corrected chi connectivity index (χ3v) is 4.60. The fourth-order valence-corrected chi connectivity index (χ4v) is 3.18. The minimum absolute atomic E-state index is 0.118. The van der Waals surface area contributed by atoms with E-state index in [-0.39, 0.29) is 12.3 Å². The molecule has 0 saturated carbocycles. The van der Waals surface area contributed by atoms with Crippen molar-refractivity contribution in [3.05, 3.63) is 63.5 Å². The molecule has 3 rings (SSSR count). The zero-order valence-corrected chi connectivity index (χ0v) is 16.0. The number of aromatic nitrogens is 1. The summed E-state index contributed by atoms with van der Waals surface area (Å²) in [5.74, 6) is 0.466. The summed E-state index contributed by atoms with van der Waals surface area (Å²) in [7, 11) is 0. The first-order chi connectivity index (χ1) is 12.9. The number of nitrogens with one attached hydrogen (secondary N) is 1. The number of carbonyl (C=O) groups excluding carboxylic acids is 1. The Bertz CT molecular complexity index is 1040. The van der Waals surface area contributed by atoms with E-state index < -0.39 is 5.63 Å². The minimum Gasteiger partial charge on any atom is -0.489 e. The maximum absolute atomic E-state index is 12.2. The molecule has 3 aromatic rings. The number of rotatable bonds is 7. The molecule has 0 fully saturated rings. The highest BCUT2D eigenvalue weighted by Gasteiger charge is 2.13. The lowest BCUT2D eigenvalue weighted by Gasteiger charge is -2.13. The first kappa shape index (κ1) is 18.8. The van der Waals surface area contributed by atoms with Crippen LogP contribution < -0.4 is 15.7 Å². The van der Waals surface area contributed by atoms with Crippen LogP contribution in [0.5, 0.6) is 5.75 Å². The molecule has 0 radical (unpaired) electrons. The van der Waals surface area contributed by atoms with Crippen molar-refractivity contribution in [2.24, 2.45) is 0 Å². The third kappa shape index (κ3) is 4.83. The summed E-state index contributed by atoms with van der Waals surface area (Å²) in [6.45, 7) is 7.91. The minimum atomic E-state index is -0.401. The Hall–Kier alpha value is -2.93. The van der Waals surface area contributed by atoms with Gasteiger partial charge in [-0.15, -0.1) is 11.3 Å². The van der Waals surface area contributed by atoms with E-state index in [1.165, 1.54) is 17.4 Å². The second kappa shape index (κ2) is 8.18. The fraction of sp³-hybridized carbons (Fsp3) is 0.250. The summed E-state index contributed by atoms with van der Waals surface area (Å²) in [6, 6.07) is 5.08. The number of ether oxygens (including phenoxy) is 1. The Morgan fingerprint density at radius 1 is 1.37 bits per heavy atom. The molecular formula is C20H20N2O4S. The van der Waals surface area contributed by atoms with Gasteiger partial charge in [-0.3, -0.25) is 4.79 Å². The number of fused-ring (bicyclic) bond motifs is 1. The third-order valence-electron chi connectivity index (χ3n) is 3.91. The van der Waals surface area contributed by atoms with Crippen molar-refractivity contribution in [3.63, 3.8) is 0 Å². The monoisotopic (exact) mass is 384 g/mol. The molecule has 0 atom stereocenters. The Balaban J connectivity index is 1.86. The largest absolute Gasteiger partial charge is 0.489 e. The smallest absolute Gasteiger partial charge is 0.336 e. The van der Waals surface area contributed by atoms with Gasteiger partial charge in [-0.05, 0) is 43.0 Å². The first-order valence-electron chi connectivity index (χ1n) is 8.46. The molecule has 0 aliphatic heterocycles. The lowest BCUT2D eigenvalue weighted by molar-refractivity contribution is -0.116. The van der Waals surface area contributed by atoms with Crippen molar-refractivity contribution in [1.29, 1.82) is 0 Å². The van der Waals surface area contributed by atoms with Crippen molar-refractivity contribution in [1.82, 2.24) is 4.98 Å². The summed E-state index contributed by atoms with van der Waals surface area (Å²) in [5.41, 5.74) is 2.62. The van der Waals surface area contributed by atoms with E-state index >= 15 is 0 Å². The molecule has 0 unspecified atom stereocenters. The van der Waals surface area contributed by atoms with Gasteiger partial charge in [-0.1, -0.05) is 6.58 Å². The second-order valence-corrected chi connectivity index (χ2v) is 7.23. The number of amides is 1. The van der Waals surface area contributed by atoms with Crippen LogP contribution in [0.25, 0.3) is 11.0 Å². The number of thiazole rings is 1. The van der Waals surface area contributed by atoms with Crippen LogP contribution in [-0.4, -0.2) is 17.5 Å². The van der Waals surface area contributed by atoms with Crippen LogP contribution >= 0.6 is 11.3 Å². The maximum Gasteiger partial charge on any atom is 0.336 e. The van der Waals surface area contributed by atoms with Gasteiger partial charge in [0.1, 0.15) is 17.9 Å². The molecule has 0 aliphatic rings. The summed E-state index contributed by atoms with van der Waals surface area (Å²) < 4.78 is 11.1. The van der Waals surface area contributed by atoms with Gasteiger partial charge < -0.3 is 14.5 Å². The molecule has 1 N–H and O–H groups in total. The highest BCUT2D eigenvalue weighted by molar-refractivity contribution is 7.13. The zero-order chi connectivity index (χ0) is 19.4. The quantitative estimate of drug-likeness (QED) is 0.490. The molecule has 2 aromatic heterocycles. The lowest BCUT2D eigenvalue weighted by Crippen LogP contribution is -2.12. The van der Waals surface area contributed by atoms with E-state index in [2.05, 4.69) is 16.9 Å². The van der Waals surface area contributed by atoms with Gasteiger partial charge in [-0.25, -0.2) is 9.78 Å². The van der Waals surface area contributed by atoms with Gasteiger partial charge in [0.25, 0.3) is 0 Å².